The number of carbonyl (C=O) groups is 1. The van der Waals surface area contributed by atoms with Crippen molar-refractivity contribution in [3.63, 3.8) is 0 Å². The van der Waals surface area contributed by atoms with Gasteiger partial charge >= 0.3 is 0 Å². The Kier molecular flexibility index (Phi) is 9.14. The van der Waals surface area contributed by atoms with Gasteiger partial charge in [-0.15, -0.1) is 0 Å². The molecule has 0 aromatic heterocycles. The summed E-state index contributed by atoms with van der Waals surface area (Å²) in [5.41, 5.74) is -1.77. The van der Waals surface area contributed by atoms with Crippen LogP contribution in [-0.2, 0) is 9.53 Å². The van der Waals surface area contributed by atoms with E-state index in [0.717, 1.165) is 56.9 Å². The monoisotopic (exact) mass is 382 g/mol. The largest absolute Gasteiger partial charge is 0.359 e. The predicted molar refractivity (Wildman–Crippen MR) is 106 cm³/mol. The third-order valence-electron chi connectivity index (χ3n) is 6.15. The molecular formula is C23H36F2O2. The second kappa shape index (κ2) is 11.1. The molecule has 2 aliphatic carbocycles. The molecule has 2 unspecified atom stereocenters. The Morgan fingerprint density at radius 1 is 1.11 bits per heavy atom. The molecule has 0 aromatic rings. The Bertz CT molecular complexity index is 520. The fraction of sp³-hybridized carbons (Fsp3) is 0.783. The van der Waals surface area contributed by atoms with Gasteiger partial charge in [0.2, 0.25) is 0 Å². The number of Topliss-reactive ketones (excluding diaryl/α,β-unsaturated/α-hetero) is 1. The molecule has 2 rings (SSSR count). The average Bonchev–Trinajstić information content (AvgIpc) is 2.68. The van der Waals surface area contributed by atoms with Crippen LogP contribution in [0.4, 0.5) is 8.78 Å². The summed E-state index contributed by atoms with van der Waals surface area (Å²) in [6.07, 6.45) is 13.0. The van der Waals surface area contributed by atoms with Crippen molar-refractivity contribution < 1.29 is 18.3 Å². The number of ether oxygens (including phenoxy) is 1. The molecule has 154 valence electrons. The number of allylic oxidation sites excluding steroid dienone is 2. The van der Waals surface area contributed by atoms with E-state index < -0.39 is 17.6 Å². The van der Waals surface area contributed by atoms with E-state index in [9.17, 15) is 13.6 Å². The van der Waals surface area contributed by atoms with Gasteiger partial charge in [-0.1, -0.05) is 64.9 Å². The van der Waals surface area contributed by atoms with Crippen molar-refractivity contribution >= 4 is 5.78 Å². The molecule has 0 spiro atoms. The van der Waals surface area contributed by atoms with Crippen LogP contribution in [0.15, 0.2) is 24.1 Å². The van der Waals surface area contributed by atoms with Gasteiger partial charge in [0.05, 0.1) is 0 Å². The van der Waals surface area contributed by atoms with Gasteiger partial charge in [0.1, 0.15) is 5.83 Å². The lowest BCUT2D eigenvalue weighted by Crippen LogP contribution is -2.50. The van der Waals surface area contributed by atoms with Gasteiger partial charge in [-0.25, -0.2) is 8.78 Å². The molecule has 2 atom stereocenters. The molecule has 0 radical (unpaired) electrons. The number of rotatable bonds is 11. The van der Waals surface area contributed by atoms with Crippen molar-refractivity contribution in [3.05, 3.63) is 24.1 Å². The molecule has 1 saturated carbocycles. The molecule has 0 heterocycles. The lowest BCUT2D eigenvalue weighted by atomic mass is 9.75. The quantitative estimate of drug-likeness (QED) is 0.374. The first-order valence-corrected chi connectivity index (χ1v) is 10.9. The van der Waals surface area contributed by atoms with Crippen LogP contribution in [0.5, 0.6) is 0 Å². The van der Waals surface area contributed by atoms with E-state index in [1.54, 1.807) is 0 Å². The van der Waals surface area contributed by atoms with Gasteiger partial charge in [-0.3, -0.25) is 4.79 Å². The summed E-state index contributed by atoms with van der Waals surface area (Å²) in [5, 5.41) is 0. The topological polar surface area (TPSA) is 26.3 Å². The fourth-order valence-electron chi connectivity index (χ4n) is 4.32. The van der Waals surface area contributed by atoms with E-state index in [-0.39, 0.29) is 24.7 Å². The molecule has 27 heavy (non-hydrogen) atoms. The van der Waals surface area contributed by atoms with Crippen molar-refractivity contribution in [2.24, 2.45) is 11.8 Å². The van der Waals surface area contributed by atoms with Gasteiger partial charge in [-0.05, 0) is 43.3 Å². The summed E-state index contributed by atoms with van der Waals surface area (Å²) < 4.78 is 34.5. The maximum atomic E-state index is 14.8. The Hall–Kier alpha value is -1.03. The molecule has 2 nitrogen and oxygen atoms in total. The molecule has 2 aliphatic rings. The Labute approximate surface area is 163 Å². The number of hydrogen-bond acceptors (Lipinski definition) is 2. The zero-order chi connectivity index (χ0) is 19.7. The van der Waals surface area contributed by atoms with Crippen LogP contribution >= 0.6 is 0 Å². The first-order valence-electron chi connectivity index (χ1n) is 10.9. The van der Waals surface area contributed by atoms with Crippen molar-refractivity contribution in [2.75, 3.05) is 6.61 Å². The standard InChI is InChI=1S/C23H36F2O2/c1-3-5-7-16-27-23(15-8-10-20(24)22(23)25)21(26)17-19-13-11-18(12-14-19)9-6-4-2/h8,10,15,18-19,22H,3-7,9,11-14,16-17H2,1-2H3. The van der Waals surface area contributed by atoms with Gasteiger partial charge < -0.3 is 4.74 Å². The molecule has 0 bridgehead atoms. The summed E-state index contributed by atoms with van der Waals surface area (Å²) in [6.45, 7) is 4.56. The third kappa shape index (κ3) is 5.97. The molecular weight excluding hydrogens is 346 g/mol. The van der Waals surface area contributed by atoms with Crippen molar-refractivity contribution in [1.82, 2.24) is 0 Å². The molecule has 4 heteroatoms. The van der Waals surface area contributed by atoms with Crippen LogP contribution in [0.3, 0.4) is 0 Å². The van der Waals surface area contributed by atoms with Gasteiger partial charge in [0.25, 0.3) is 0 Å². The molecule has 0 aromatic carbocycles. The van der Waals surface area contributed by atoms with E-state index in [1.807, 2.05) is 0 Å². The van der Waals surface area contributed by atoms with Crippen LogP contribution in [-0.4, -0.2) is 24.2 Å². The highest BCUT2D eigenvalue weighted by Crippen LogP contribution is 2.38. The maximum absolute atomic E-state index is 14.8. The first-order chi connectivity index (χ1) is 13.0. The maximum Gasteiger partial charge on any atom is 0.191 e. The number of hydrogen-bond donors (Lipinski definition) is 0. The number of alkyl halides is 1. The number of ketones is 1. The van der Waals surface area contributed by atoms with Crippen LogP contribution < -0.4 is 0 Å². The van der Waals surface area contributed by atoms with E-state index >= 15 is 0 Å². The summed E-state index contributed by atoms with van der Waals surface area (Å²) >= 11 is 0. The number of halogens is 2. The van der Waals surface area contributed by atoms with Crippen LogP contribution in [0.1, 0.15) is 84.5 Å². The summed E-state index contributed by atoms with van der Waals surface area (Å²) in [5.74, 6) is -0.187. The van der Waals surface area contributed by atoms with Crippen LogP contribution in [0.25, 0.3) is 0 Å². The smallest absolute Gasteiger partial charge is 0.191 e. The lowest BCUT2D eigenvalue weighted by molar-refractivity contribution is -0.147. The van der Waals surface area contributed by atoms with E-state index in [0.29, 0.717) is 0 Å². The Morgan fingerprint density at radius 3 is 2.44 bits per heavy atom. The average molecular weight is 383 g/mol. The first kappa shape index (κ1) is 22.3. The zero-order valence-corrected chi connectivity index (χ0v) is 17.0. The minimum Gasteiger partial charge on any atom is -0.359 e. The van der Waals surface area contributed by atoms with Gasteiger partial charge in [0, 0.05) is 13.0 Å². The highest BCUT2D eigenvalue weighted by atomic mass is 19.2. The fourth-order valence-corrected chi connectivity index (χ4v) is 4.32. The predicted octanol–water partition coefficient (Wildman–Crippen LogP) is 6.65. The van der Waals surface area contributed by atoms with E-state index in [4.69, 9.17) is 4.74 Å². The molecule has 0 saturated heterocycles. The summed E-state index contributed by atoms with van der Waals surface area (Å²) in [6, 6.07) is 0. The summed E-state index contributed by atoms with van der Waals surface area (Å²) in [4.78, 5) is 13.1. The highest BCUT2D eigenvalue weighted by Gasteiger charge is 2.49. The van der Waals surface area contributed by atoms with E-state index in [2.05, 4.69) is 13.8 Å². The SMILES string of the molecule is CCCCCOC1(C(=O)CC2CCC(CCCC)CC2)C=CC=C(F)C1F. The van der Waals surface area contributed by atoms with Gasteiger partial charge in [-0.2, -0.15) is 0 Å². The lowest BCUT2D eigenvalue weighted by Gasteiger charge is -2.36. The van der Waals surface area contributed by atoms with E-state index in [1.165, 1.54) is 31.4 Å². The molecule has 0 N–H and O–H groups in total. The van der Waals surface area contributed by atoms with Crippen LogP contribution in [0.2, 0.25) is 0 Å². The minimum absolute atomic E-state index is 0.265. The normalized spacial score (nSPS) is 31.0. The summed E-state index contributed by atoms with van der Waals surface area (Å²) in [7, 11) is 0. The van der Waals surface area contributed by atoms with Gasteiger partial charge in [0.15, 0.2) is 17.6 Å². The molecule has 1 fully saturated rings. The highest BCUT2D eigenvalue weighted by molar-refractivity contribution is 5.91. The van der Waals surface area contributed by atoms with Crippen LogP contribution in [0, 0.1) is 11.8 Å². The van der Waals surface area contributed by atoms with Crippen molar-refractivity contribution in [1.29, 1.82) is 0 Å². The van der Waals surface area contributed by atoms with Crippen molar-refractivity contribution in [3.8, 4) is 0 Å². The minimum atomic E-state index is -2.03. The number of unbranched alkanes of at least 4 members (excludes halogenated alkanes) is 3. The number of carbonyl (C=O) groups excluding carboxylic acids is 1. The Morgan fingerprint density at radius 2 is 1.78 bits per heavy atom. The third-order valence-corrected chi connectivity index (χ3v) is 6.15. The second-order valence-corrected chi connectivity index (χ2v) is 8.28. The molecule has 0 aliphatic heterocycles. The second-order valence-electron chi connectivity index (χ2n) is 8.28. The van der Waals surface area contributed by atoms with Crippen molar-refractivity contribution in [2.45, 2.75) is 96.2 Å². The Balaban J connectivity index is 1.96. The molecule has 0 amide bonds. The zero-order valence-electron chi connectivity index (χ0n) is 17.0.